The summed E-state index contributed by atoms with van der Waals surface area (Å²) in [7, 11) is 0. The quantitative estimate of drug-likeness (QED) is 0.421. The van der Waals surface area contributed by atoms with E-state index in [1.54, 1.807) is 17.0 Å². The predicted molar refractivity (Wildman–Crippen MR) is 154 cm³/mol. The molecule has 12 heteroatoms. The van der Waals surface area contributed by atoms with Gasteiger partial charge in [0.15, 0.2) is 5.58 Å². The Bertz CT molecular complexity index is 1520. The van der Waals surface area contributed by atoms with E-state index in [9.17, 15) is 19.2 Å². The third kappa shape index (κ3) is 5.76. The van der Waals surface area contributed by atoms with Gasteiger partial charge in [-0.05, 0) is 61.4 Å². The van der Waals surface area contributed by atoms with Crippen LogP contribution in [-0.2, 0) is 17.8 Å². The maximum atomic E-state index is 13.6. The molecule has 6 rings (SSSR count). The second-order valence-electron chi connectivity index (χ2n) is 11.0. The standard InChI is InChI=1S/C29H33ClN6O5/c30-21-14-18(16-24-25(21)33-29(40)41-24)15-23(26(37)34-10-4-1-5-11-34)32-27(38)35-12-8-20(9-13-35)36-17-19-6-2-3-7-22(19)31-28(36)39/h2-3,6-7,14,16,20,23H,1,4-5,8-13,15,17H2,(H,31,39)(H,32,38)(H,33,40). The molecule has 0 spiro atoms. The van der Waals surface area contributed by atoms with Crippen LogP contribution in [0.1, 0.15) is 43.2 Å². The van der Waals surface area contributed by atoms with E-state index in [1.807, 2.05) is 34.1 Å². The normalized spacial score (nSPS) is 18.7. The van der Waals surface area contributed by atoms with Gasteiger partial charge in [-0.1, -0.05) is 29.8 Å². The zero-order chi connectivity index (χ0) is 28.5. The summed E-state index contributed by atoms with van der Waals surface area (Å²) in [5, 5.41) is 6.26. The number of nitrogens with zero attached hydrogens (tertiary/aromatic N) is 3. The Kier molecular flexibility index (Phi) is 7.61. The van der Waals surface area contributed by atoms with E-state index in [0.717, 1.165) is 30.5 Å². The number of likely N-dealkylation sites (tertiary alicyclic amines) is 2. The first kappa shape index (κ1) is 27.2. The minimum Gasteiger partial charge on any atom is -0.408 e. The molecule has 41 heavy (non-hydrogen) atoms. The van der Waals surface area contributed by atoms with E-state index in [1.165, 1.54) is 0 Å². The molecular formula is C29H33ClN6O5. The fraction of sp³-hybridized carbons (Fsp3) is 0.448. The van der Waals surface area contributed by atoms with Crippen molar-refractivity contribution in [2.75, 3.05) is 31.5 Å². The molecule has 1 unspecified atom stereocenters. The number of halogens is 1. The lowest BCUT2D eigenvalue weighted by molar-refractivity contribution is -0.134. The van der Waals surface area contributed by atoms with Crippen LogP contribution in [0.2, 0.25) is 5.02 Å². The van der Waals surface area contributed by atoms with Gasteiger partial charge in [0.25, 0.3) is 0 Å². The predicted octanol–water partition coefficient (Wildman–Crippen LogP) is 3.92. The second kappa shape index (κ2) is 11.5. The molecule has 216 valence electrons. The molecule has 3 aliphatic heterocycles. The van der Waals surface area contributed by atoms with Crippen molar-refractivity contribution in [2.45, 2.75) is 57.2 Å². The first-order chi connectivity index (χ1) is 19.9. The number of carbonyl (C=O) groups is 3. The van der Waals surface area contributed by atoms with E-state index in [-0.39, 0.29) is 30.4 Å². The molecule has 0 bridgehead atoms. The maximum absolute atomic E-state index is 13.6. The lowest BCUT2D eigenvalue weighted by atomic mass is 10.0. The maximum Gasteiger partial charge on any atom is 0.417 e. The fourth-order valence-corrected chi connectivity index (χ4v) is 6.37. The zero-order valence-corrected chi connectivity index (χ0v) is 23.4. The molecule has 5 amide bonds. The zero-order valence-electron chi connectivity index (χ0n) is 22.7. The van der Waals surface area contributed by atoms with Crippen molar-refractivity contribution in [3.05, 3.63) is 63.1 Å². The Morgan fingerprint density at radius 3 is 2.56 bits per heavy atom. The number of piperidine rings is 2. The van der Waals surface area contributed by atoms with Crippen molar-refractivity contribution < 1.29 is 18.8 Å². The molecule has 2 aromatic carbocycles. The van der Waals surface area contributed by atoms with Crippen LogP contribution in [0.3, 0.4) is 0 Å². The lowest BCUT2D eigenvalue weighted by Crippen LogP contribution is -2.56. The van der Waals surface area contributed by atoms with Crippen molar-refractivity contribution in [1.82, 2.24) is 25.0 Å². The monoisotopic (exact) mass is 580 g/mol. The highest BCUT2D eigenvalue weighted by molar-refractivity contribution is 6.34. The smallest absolute Gasteiger partial charge is 0.408 e. The van der Waals surface area contributed by atoms with Gasteiger partial charge in [0.2, 0.25) is 5.91 Å². The number of hydrogen-bond acceptors (Lipinski definition) is 5. The Morgan fingerprint density at radius 1 is 1.02 bits per heavy atom. The first-order valence-electron chi connectivity index (χ1n) is 14.2. The summed E-state index contributed by atoms with van der Waals surface area (Å²) in [4.78, 5) is 59.4. The van der Waals surface area contributed by atoms with Gasteiger partial charge in [0, 0.05) is 50.9 Å². The topological polar surface area (TPSA) is 131 Å². The fourth-order valence-electron chi connectivity index (χ4n) is 6.09. The summed E-state index contributed by atoms with van der Waals surface area (Å²) in [5.74, 6) is -0.744. The van der Waals surface area contributed by atoms with Crippen molar-refractivity contribution >= 4 is 46.4 Å². The highest BCUT2D eigenvalue weighted by Crippen LogP contribution is 2.28. The molecule has 4 heterocycles. The van der Waals surface area contributed by atoms with Crippen LogP contribution in [0.15, 0.2) is 45.6 Å². The van der Waals surface area contributed by atoms with Gasteiger partial charge in [-0.25, -0.2) is 14.4 Å². The van der Waals surface area contributed by atoms with Gasteiger partial charge in [-0.2, -0.15) is 0 Å². The molecule has 3 aromatic rings. The Hall–Kier alpha value is -3.99. The van der Waals surface area contributed by atoms with Crippen molar-refractivity contribution in [1.29, 1.82) is 0 Å². The molecule has 11 nitrogen and oxygen atoms in total. The molecular weight excluding hydrogens is 548 g/mol. The number of benzene rings is 2. The summed E-state index contributed by atoms with van der Waals surface area (Å²) < 4.78 is 5.19. The minimum atomic E-state index is -0.804. The Balaban J connectivity index is 1.13. The molecule has 2 fully saturated rings. The molecule has 1 aromatic heterocycles. The average molecular weight is 581 g/mol. The van der Waals surface area contributed by atoms with Crippen LogP contribution in [0.5, 0.6) is 0 Å². The number of carbonyl (C=O) groups excluding carboxylic acids is 3. The molecule has 0 radical (unpaired) electrons. The Labute approximate surface area is 241 Å². The SMILES string of the molecule is O=C(NC(Cc1cc(Cl)c2[nH]c(=O)oc2c1)C(=O)N1CCCCC1)N1CCC(N2Cc3ccccc3NC2=O)CC1. The van der Waals surface area contributed by atoms with Crippen LogP contribution in [0, 0.1) is 0 Å². The second-order valence-corrected chi connectivity index (χ2v) is 11.4. The van der Waals surface area contributed by atoms with Crippen molar-refractivity contribution in [3.8, 4) is 0 Å². The number of nitrogens with one attached hydrogen (secondary N) is 3. The largest absolute Gasteiger partial charge is 0.417 e. The van der Waals surface area contributed by atoms with E-state index in [4.69, 9.17) is 16.0 Å². The number of amides is 5. The summed E-state index contributed by atoms with van der Waals surface area (Å²) in [5.41, 5.74) is 3.30. The van der Waals surface area contributed by atoms with Crippen molar-refractivity contribution in [2.24, 2.45) is 0 Å². The number of urea groups is 2. The van der Waals surface area contributed by atoms with Crippen LogP contribution >= 0.6 is 11.6 Å². The van der Waals surface area contributed by atoms with Gasteiger partial charge in [-0.15, -0.1) is 0 Å². The number of anilines is 1. The van der Waals surface area contributed by atoms with E-state index >= 15 is 0 Å². The minimum absolute atomic E-state index is 0.0167. The molecule has 0 saturated carbocycles. The van der Waals surface area contributed by atoms with Gasteiger partial charge < -0.3 is 29.8 Å². The summed E-state index contributed by atoms with van der Waals surface area (Å²) >= 11 is 6.38. The van der Waals surface area contributed by atoms with Crippen LogP contribution in [-0.4, -0.2) is 75.9 Å². The molecule has 1 atom stereocenters. The Morgan fingerprint density at radius 2 is 1.78 bits per heavy atom. The van der Waals surface area contributed by atoms with Gasteiger partial charge in [0.05, 0.1) is 5.02 Å². The third-order valence-corrected chi connectivity index (χ3v) is 8.60. The number of oxazole rings is 1. The highest BCUT2D eigenvalue weighted by Gasteiger charge is 2.34. The van der Waals surface area contributed by atoms with Crippen LogP contribution < -0.4 is 16.4 Å². The molecule has 2 saturated heterocycles. The summed E-state index contributed by atoms with van der Waals surface area (Å²) in [6.07, 6.45) is 4.44. The average Bonchev–Trinajstić information content (AvgIpc) is 3.37. The van der Waals surface area contributed by atoms with Crippen LogP contribution in [0.25, 0.3) is 11.1 Å². The van der Waals surface area contributed by atoms with Gasteiger partial charge in [0.1, 0.15) is 11.6 Å². The van der Waals surface area contributed by atoms with Gasteiger partial charge >= 0.3 is 17.8 Å². The van der Waals surface area contributed by atoms with E-state index in [0.29, 0.717) is 67.3 Å². The number of hydrogen-bond donors (Lipinski definition) is 3. The molecule has 3 aliphatic rings. The molecule has 3 N–H and O–H groups in total. The van der Waals surface area contributed by atoms with E-state index in [2.05, 4.69) is 15.6 Å². The number of H-pyrrole nitrogens is 1. The van der Waals surface area contributed by atoms with Gasteiger partial charge in [-0.3, -0.25) is 9.78 Å². The molecule has 0 aliphatic carbocycles. The number of aromatic amines is 1. The highest BCUT2D eigenvalue weighted by atomic mass is 35.5. The number of aromatic nitrogens is 1. The summed E-state index contributed by atoms with van der Waals surface area (Å²) in [6.45, 7) is 2.80. The first-order valence-corrected chi connectivity index (χ1v) is 14.5. The lowest BCUT2D eigenvalue weighted by Gasteiger charge is -2.41. The van der Waals surface area contributed by atoms with Crippen LogP contribution in [0.4, 0.5) is 15.3 Å². The number of fused-ring (bicyclic) bond motifs is 2. The number of para-hydroxylation sites is 1. The number of rotatable bonds is 5. The van der Waals surface area contributed by atoms with E-state index < -0.39 is 11.8 Å². The summed E-state index contributed by atoms with van der Waals surface area (Å²) in [6, 6.07) is 9.92. The third-order valence-electron chi connectivity index (χ3n) is 8.30. The van der Waals surface area contributed by atoms with Crippen molar-refractivity contribution in [3.63, 3.8) is 0 Å².